The number of ether oxygens (including phenoxy) is 2. The van der Waals surface area contributed by atoms with Crippen LogP contribution in [-0.2, 0) is 5.75 Å². The first kappa shape index (κ1) is 18.7. The van der Waals surface area contributed by atoms with Gasteiger partial charge < -0.3 is 15.2 Å². The molecule has 0 unspecified atom stereocenters. The van der Waals surface area contributed by atoms with Crippen molar-refractivity contribution in [3.8, 4) is 11.5 Å². The van der Waals surface area contributed by atoms with Crippen LogP contribution in [0.4, 0.5) is 5.69 Å². The van der Waals surface area contributed by atoms with Gasteiger partial charge in [0.1, 0.15) is 0 Å². The molecule has 0 saturated carbocycles. The van der Waals surface area contributed by atoms with Crippen molar-refractivity contribution in [2.45, 2.75) is 19.6 Å². The topological polar surface area (TPSA) is 56.8 Å². The molecule has 2 N–H and O–H groups in total. The molecule has 2 rings (SSSR count). The van der Waals surface area contributed by atoms with Crippen LogP contribution >= 0.6 is 27.7 Å². The van der Waals surface area contributed by atoms with Gasteiger partial charge in [-0.2, -0.15) is 0 Å². The quantitative estimate of drug-likeness (QED) is 0.560. The number of amidine groups is 1. The molecule has 0 amide bonds. The molecule has 24 heavy (non-hydrogen) atoms. The summed E-state index contributed by atoms with van der Waals surface area (Å²) in [4.78, 5) is 4.47. The van der Waals surface area contributed by atoms with Crippen molar-refractivity contribution >= 4 is 38.5 Å². The van der Waals surface area contributed by atoms with E-state index in [2.05, 4.69) is 40.8 Å². The SMILES string of the molecule is COc1cc(Br)c(CSC(N)=Nc2ccc(C)c(C)c2)cc1OC. The first-order valence-corrected chi connectivity index (χ1v) is 9.17. The Balaban J connectivity index is 2.12. The average molecular weight is 409 g/mol. The van der Waals surface area contributed by atoms with E-state index in [1.165, 1.54) is 22.9 Å². The summed E-state index contributed by atoms with van der Waals surface area (Å²) < 4.78 is 11.6. The summed E-state index contributed by atoms with van der Waals surface area (Å²) in [6.07, 6.45) is 0. The van der Waals surface area contributed by atoms with Crippen molar-refractivity contribution in [2.24, 2.45) is 10.7 Å². The van der Waals surface area contributed by atoms with E-state index in [-0.39, 0.29) is 0 Å². The molecule has 0 fully saturated rings. The van der Waals surface area contributed by atoms with Crippen molar-refractivity contribution in [1.29, 1.82) is 0 Å². The Hall–Kier alpha value is -1.66. The fourth-order valence-electron chi connectivity index (χ4n) is 2.11. The Bertz CT molecular complexity index is 763. The van der Waals surface area contributed by atoms with Gasteiger partial charge in [-0.25, -0.2) is 4.99 Å². The summed E-state index contributed by atoms with van der Waals surface area (Å²) in [5.74, 6) is 2.07. The molecule has 0 aliphatic rings. The third-order valence-corrected chi connectivity index (χ3v) is 5.24. The van der Waals surface area contributed by atoms with Crippen molar-refractivity contribution in [2.75, 3.05) is 14.2 Å². The minimum Gasteiger partial charge on any atom is -0.493 e. The minimum atomic E-state index is 0.528. The summed E-state index contributed by atoms with van der Waals surface area (Å²) in [5, 5.41) is 0.528. The van der Waals surface area contributed by atoms with Gasteiger partial charge in [-0.3, -0.25) is 0 Å². The molecular weight excluding hydrogens is 388 g/mol. The number of methoxy groups -OCH3 is 2. The average Bonchev–Trinajstić information content (AvgIpc) is 2.56. The van der Waals surface area contributed by atoms with Crippen LogP contribution in [-0.4, -0.2) is 19.4 Å². The second-order valence-electron chi connectivity index (χ2n) is 5.31. The molecule has 128 valence electrons. The first-order chi connectivity index (χ1) is 11.4. The molecule has 6 heteroatoms. The van der Waals surface area contributed by atoms with Crippen LogP contribution in [0, 0.1) is 13.8 Å². The molecular formula is C18H21BrN2O2S. The van der Waals surface area contributed by atoms with Gasteiger partial charge in [0.05, 0.1) is 19.9 Å². The first-order valence-electron chi connectivity index (χ1n) is 7.39. The number of aryl methyl sites for hydroxylation is 2. The highest BCUT2D eigenvalue weighted by Crippen LogP contribution is 2.35. The van der Waals surface area contributed by atoms with Crippen LogP contribution in [0.25, 0.3) is 0 Å². The van der Waals surface area contributed by atoms with Gasteiger partial charge in [0.25, 0.3) is 0 Å². The molecule has 0 aliphatic heterocycles. The maximum Gasteiger partial charge on any atom is 0.161 e. The van der Waals surface area contributed by atoms with E-state index in [1.54, 1.807) is 14.2 Å². The normalized spacial score (nSPS) is 11.5. The van der Waals surface area contributed by atoms with Gasteiger partial charge in [-0.1, -0.05) is 33.8 Å². The van der Waals surface area contributed by atoms with E-state index in [4.69, 9.17) is 15.2 Å². The number of thioether (sulfide) groups is 1. The van der Waals surface area contributed by atoms with Crippen LogP contribution in [0.3, 0.4) is 0 Å². The number of hydrogen-bond acceptors (Lipinski definition) is 4. The molecule has 0 saturated heterocycles. The van der Waals surface area contributed by atoms with Crippen LogP contribution in [0.1, 0.15) is 16.7 Å². The number of halogens is 1. The van der Waals surface area contributed by atoms with E-state index < -0.39 is 0 Å². The van der Waals surface area contributed by atoms with Crippen molar-refractivity contribution < 1.29 is 9.47 Å². The molecule has 0 bridgehead atoms. The fraction of sp³-hybridized carbons (Fsp3) is 0.278. The van der Waals surface area contributed by atoms with Gasteiger partial charge in [-0.15, -0.1) is 0 Å². The zero-order valence-electron chi connectivity index (χ0n) is 14.2. The Kier molecular flexibility index (Phi) is 6.57. The molecule has 0 atom stereocenters. The Morgan fingerprint density at radius 1 is 1.08 bits per heavy atom. The smallest absolute Gasteiger partial charge is 0.161 e. The molecule has 2 aromatic carbocycles. The van der Waals surface area contributed by atoms with E-state index in [0.717, 1.165) is 15.7 Å². The molecule has 4 nitrogen and oxygen atoms in total. The third kappa shape index (κ3) is 4.68. The van der Waals surface area contributed by atoms with Crippen molar-refractivity contribution in [3.63, 3.8) is 0 Å². The van der Waals surface area contributed by atoms with E-state index in [1.807, 2.05) is 24.3 Å². The number of aliphatic imine (C=N–C) groups is 1. The van der Waals surface area contributed by atoms with E-state index in [9.17, 15) is 0 Å². The van der Waals surface area contributed by atoms with Gasteiger partial charge in [0.2, 0.25) is 0 Å². The molecule has 0 radical (unpaired) electrons. The molecule has 0 heterocycles. The maximum atomic E-state index is 6.06. The number of rotatable bonds is 5. The maximum absolute atomic E-state index is 6.06. The van der Waals surface area contributed by atoms with Crippen LogP contribution in [0.2, 0.25) is 0 Å². The predicted molar refractivity (Wildman–Crippen MR) is 106 cm³/mol. The highest BCUT2D eigenvalue weighted by molar-refractivity contribution is 9.10. The number of nitrogens with zero attached hydrogens (tertiary/aromatic N) is 1. The lowest BCUT2D eigenvalue weighted by Gasteiger charge is -2.11. The highest BCUT2D eigenvalue weighted by Gasteiger charge is 2.10. The van der Waals surface area contributed by atoms with E-state index in [0.29, 0.717) is 22.4 Å². The zero-order valence-corrected chi connectivity index (χ0v) is 16.6. The second-order valence-corrected chi connectivity index (χ2v) is 7.16. The lowest BCUT2D eigenvalue weighted by Crippen LogP contribution is -2.06. The summed E-state index contributed by atoms with van der Waals surface area (Å²) in [5.41, 5.74) is 10.4. The highest BCUT2D eigenvalue weighted by atomic mass is 79.9. The molecule has 0 aliphatic carbocycles. The summed E-state index contributed by atoms with van der Waals surface area (Å²) >= 11 is 5.04. The molecule has 0 spiro atoms. The number of benzene rings is 2. The fourth-order valence-corrected chi connectivity index (χ4v) is 3.47. The lowest BCUT2D eigenvalue weighted by atomic mass is 10.1. The van der Waals surface area contributed by atoms with Crippen LogP contribution in [0.5, 0.6) is 11.5 Å². The van der Waals surface area contributed by atoms with E-state index >= 15 is 0 Å². The molecule has 0 aromatic heterocycles. The molecule has 2 aromatic rings. The van der Waals surface area contributed by atoms with Crippen LogP contribution < -0.4 is 15.2 Å². The van der Waals surface area contributed by atoms with Gasteiger partial charge in [0, 0.05) is 10.2 Å². The summed E-state index contributed by atoms with van der Waals surface area (Å²) in [6, 6.07) is 9.90. The Labute approximate surface area is 155 Å². The van der Waals surface area contributed by atoms with Gasteiger partial charge in [-0.05, 0) is 54.8 Å². The van der Waals surface area contributed by atoms with Crippen molar-refractivity contribution in [1.82, 2.24) is 0 Å². The Morgan fingerprint density at radius 3 is 2.38 bits per heavy atom. The standard InChI is InChI=1S/C18H21BrN2O2S/c1-11-5-6-14(7-12(11)2)21-18(20)24-10-13-8-16(22-3)17(23-4)9-15(13)19/h5-9H,10H2,1-4H3,(H2,20,21). The number of nitrogens with two attached hydrogens (primary N) is 1. The predicted octanol–water partition coefficient (Wildman–Crippen LogP) is 4.96. The summed E-state index contributed by atoms with van der Waals surface area (Å²) in [7, 11) is 3.24. The van der Waals surface area contributed by atoms with Crippen LogP contribution in [0.15, 0.2) is 39.8 Å². The third-order valence-electron chi connectivity index (χ3n) is 3.66. The number of hydrogen-bond donors (Lipinski definition) is 1. The lowest BCUT2D eigenvalue weighted by molar-refractivity contribution is 0.354. The monoisotopic (exact) mass is 408 g/mol. The minimum absolute atomic E-state index is 0.528. The van der Waals surface area contributed by atoms with Gasteiger partial charge >= 0.3 is 0 Å². The van der Waals surface area contributed by atoms with Gasteiger partial charge in [0.15, 0.2) is 16.7 Å². The van der Waals surface area contributed by atoms with Crippen molar-refractivity contribution in [3.05, 3.63) is 51.5 Å². The summed E-state index contributed by atoms with van der Waals surface area (Å²) in [6.45, 7) is 4.15. The zero-order chi connectivity index (χ0) is 17.7. The largest absolute Gasteiger partial charge is 0.493 e. The Morgan fingerprint density at radius 2 is 1.75 bits per heavy atom. The second kappa shape index (κ2) is 8.44.